The first-order chi connectivity index (χ1) is 4.45. The number of guanidine groups is 1. The highest BCUT2D eigenvalue weighted by Crippen LogP contribution is 1.77. The Hall–Kier alpha value is -1.06. The van der Waals surface area contributed by atoms with Crippen molar-refractivity contribution in [2.24, 2.45) is 10.9 Å². The molecule has 0 spiro atoms. The summed E-state index contributed by atoms with van der Waals surface area (Å²) in [5, 5.41) is 10.0. The van der Waals surface area contributed by atoms with E-state index in [1.807, 2.05) is 0 Å². The molecule has 0 saturated carbocycles. The van der Waals surface area contributed by atoms with Crippen LogP contribution in [0.2, 0.25) is 0 Å². The number of nitrogens with one attached hydrogen (secondary N) is 1. The molecule has 0 fully saturated rings. The Bertz CT molecular complexity index is 217. The smallest absolute Gasteiger partial charge is 0.408 e. The zero-order valence-electron chi connectivity index (χ0n) is 4.55. The van der Waals surface area contributed by atoms with Crippen LogP contribution in [0.25, 0.3) is 0 Å². The van der Waals surface area contributed by atoms with Crippen molar-refractivity contribution in [3.8, 4) is 0 Å². The minimum absolute atomic E-state index is 0.697. The summed E-state index contributed by atoms with van der Waals surface area (Å²) < 4.78 is 30.8. The lowest BCUT2D eigenvalue weighted by molar-refractivity contribution is 0.217. The maximum absolute atomic E-state index is 9.73. The third kappa shape index (κ3) is 5.08. The molecule has 0 bridgehead atoms. The largest absolute Gasteiger partial charge is 0.418 e. The summed E-state index contributed by atoms with van der Waals surface area (Å²) in [5.41, 5.74) is 6.08. The Morgan fingerprint density at radius 2 is 2.20 bits per heavy atom. The van der Waals surface area contributed by atoms with Crippen LogP contribution in [0.5, 0.6) is 0 Å². The molecule has 0 atom stereocenters. The normalized spacial score (nSPS) is 13.1. The molecule has 0 aliphatic carbocycles. The van der Waals surface area contributed by atoms with Crippen LogP contribution in [0.3, 0.4) is 0 Å². The monoisotopic (exact) mass is 171 g/mol. The van der Waals surface area contributed by atoms with E-state index in [4.69, 9.17) is 9.76 Å². The number of nitrogens with two attached hydrogens (primary N) is 1. The van der Waals surface area contributed by atoms with Crippen molar-refractivity contribution >= 4 is 16.4 Å². The molecule has 0 saturated heterocycles. The summed E-state index contributed by atoms with van der Waals surface area (Å²) >= 11 is 0. The van der Waals surface area contributed by atoms with Gasteiger partial charge in [0.05, 0.1) is 0 Å². The van der Waals surface area contributed by atoms with Crippen molar-refractivity contribution in [2.45, 2.75) is 0 Å². The molecule has 0 aromatic carbocycles. The van der Waals surface area contributed by atoms with Crippen molar-refractivity contribution < 1.29 is 22.5 Å². The van der Waals surface area contributed by atoms with E-state index in [0.29, 0.717) is 0 Å². The van der Waals surface area contributed by atoms with E-state index in [1.54, 1.807) is 0 Å². The molecule has 0 aliphatic heterocycles. The van der Waals surface area contributed by atoms with Gasteiger partial charge in [-0.15, -0.1) is 4.28 Å². The van der Waals surface area contributed by atoms with Crippen molar-refractivity contribution in [3.05, 3.63) is 0 Å². The summed E-state index contributed by atoms with van der Waals surface area (Å²) in [6, 6.07) is 0. The Morgan fingerprint density at radius 1 is 1.70 bits per heavy atom. The van der Waals surface area contributed by atoms with E-state index in [9.17, 15) is 8.42 Å². The molecule has 0 amide bonds. The van der Waals surface area contributed by atoms with Crippen molar-refractivity contribution in [2.75, 3.05) is 0 Å². The topological polar surface area (TPSA) is 134 Å². The lowest BCUT2D eigenvalue weighted by Crippen LogP contribution is -2.33. The highest BCUT2D eigenvalue weighted by molar-refractivity contribution is 7.80. The maximum atomic E-state index is 9.73. The summed E-state index contributed by atoms with van der Waals surface area (Å²) in [5.74, 6) is -0.697. The predicted molar refractivity (Wildman–Crippen MR) is 29.2 cm³/mol. The molecule has 0 aromatic rings. The van der Waals surface area contributed by atoms with Gasteiger partial charge in [-0.1, -0.05) is 0 Å². The van der Waals surface area contributed by atoms with Crippen LogP contribution < -0.4 is 11.2 Å². The predicted octanol–water partition coefficient (Wildman–Crippen LogP) is -1.99. The Morgan fingerprint density at radius 3 is 2.50 bits per heavy atom. The van der Waals surface area contributed by atoms with Crippen LogP contribution in [0.4, 0.5) is 0 Å². The van der Waals surface area contributed by atoms with Gasteiger partial charge in [-0.2, -0.15) is 8.42 Å². The van der Waals surface area contributed by atoms with Gasteiger partial charge in [-0.3, -0.25) is 4.55 Å². The molecule has 0 rings (SSSR count). The summed E-state index contributed by atoms with van der Waals surface area (Å²) in [4.78, 5) is 0. The van der Waals surface area contributed by atoms with E-state index >= 15 is 0 Å². The molecule has 60 valence electrons. The van der Waals surface area contributed by atoms with Crippen LogP contribution in [0, 0.1) is 0 Å². The second-order valence-corrected chi connectivity index (χ2v) is 2.12. The van der Waals surface area contributed by atoms with Crippen molar-refractivity contribution in [1.29, 1.82) is 0 Å². The quantitative estimate of drug-likeness (QED) is 0.124. The number of oxime groups is 1. The van der Waals surface area contributed by atoms with Crippen molar-refractivity contribution in [3.63, 3.8) is 0 Å². The molecular formula is CH5N3O5S. The first-order valence-corrected chi connectivity index (χ1v) is 3.21. The van der Waals surface area contributed by atoms with E-state index in [0.717, 1.165) is 0 Å². The maximum Gasteiger partial charge on any atom is 0.418 e. The van der Waals surface area contributed by atoms with E-state index < -0.39 is 16.4 Å². The Balaban J connectivity index is 3.79. The molecule has 0 aliphatic rings. The van der Waals surface area contributed by atoms with Gasteiger partial charge >= 0.3 is 10.4 Å². The fourth-order valence-corrected chi connectivity index (χ4v) is 0.306. The molecule has 10 heavy (non-hydrogen) atoms. The van der Waals surface area contributed by atoms with E-state index in [2.05, 4.69) is 15.2 Å². The second-order valence-electron chi connectivity index (χ2n) is 1.10. The lowest BCUT2D eigenvalue weighted by Gasteiger charge is -1.98. The van der Waals surface area contributed by atoms with E-state index in [-0.39, 0.29) is 0 Å². The van der Waals surface area contributed by atoms with Gasteiger partial charge in [0, 0.05) is 0 Å². The van der Waals surface area contributed by atoms with Gasteiger partial charge in [0.15, 0.2) is 0 Å². The average Bonchev–Trinajstić information content (AvgIpc) is 1.81. The van der Waals surface area contributed by atoms with Crippen LogP contribution in [0.15, 0.2) is 5.16 Å². The molecule has 5 N–H and O–H groups in total. The standard InChI is InChI=1S/CH5N3O5S/c2-1(3-5)4-9-10(6,7)8/h5H,(H3,2,3,4)(H,6,7,8). The molecule has 0 heterocycles. The van der Waals surface area contributed by atoms with Gasteiger partial charge < -0.3 is 10.9 Å². The number of nitrogens with zero attached hydrogens (tertiary/aromatic N) is 1. The van der Waals surface area contributed by atoms with Crippen LogP contribution in [-0.4, -0.2) is 24.1 Å². The number of hydrogen-bond acceptors (Lipinski definition) is 5. The number of hydrogen-bond donors (Lipinski definition) is 4. The SMILES string of the molecule is N/C(=N/O)NOS(=O)(=O)O. The lowest BCUT2D eigenvalue weighted by atomic mass is 11.1. The molecule has 0 unspecified atom stereocenters. The molecule has 0 radical (unpaired) electrons. The minimum atomic E-state index is -4.61. The number of rotatable bonds is 2. The zero-order chi connectivity index (χ0) is 8.20. The summed E-state index contributed by atoms with van der Waals surface area (Å²) in [6.07, 6.45) is 0. The molecular weight excluding hydrogens is 166 g/mol. The second kappa shape index (κ2) is 3.20. The highest BCUT2D eigenvalue weighted by atomic mass is 32.3. The zero-order valence-corrected chi connectivity index (χ0v) is 5.37. The van der Waals surface area contributed by atoms with Crippen LogP contribution >= 0.6 is 0 Å². The summed E-state index contributed by atoms with van der Waals surface area (Å²) in [6.45, 7) is 0. The fraction of sp³-hybridized carbons (Fsp3) is 0. The Kier molecular flexibility index (Phi) is 2.86. The fourth-order valence-electron chi connectivity index (χ4n) is 0.116. The van der Waals surface area contributed by atoms with Gasteiger partial charge in [-0.25, -0.2) is 5.48 Å². The molecule has 8 nitrogen and oxygen atoms in total. The Labute approximate surface area is 56.2 Å². The van der Waals surface area contributed by atoms with Crippen LogP contribution in [-0.2, 0) is 14.7 Å². The number of hydroxylamine groups is 1. The van der Waals surface area contributed by atoms with Crippen LogP contribution in [0.1, 0.15) is 0 Å². The van der Waals surface area contributed by atoms with Gasteiger partial charge in [0.25, 0.3) is 5.96 Å². The third-order valence-corrected chi connectivity index (χ3v) is 0.653. The average molecular weight is 171 g/mol. The highest BCUT2D eigenvalue weighted by Gasteiger charge is 2.03. The van der Waals surface area contributed by atoms with Crippen molar-refractivity contribution in [1.82, 2.24) is 5.48 Å². The van der Waals surface area contributed by atoms with E-state index in [1.165, 1.54) is 5.48 Å². The first kappa shape index (κ1) is 8.94. The first-order valence-electron chi connectivity index (χ1n) is 1.85. The minimum Gasteiger partial charge on any atom is -0.408 e. The third-order valence-electron chi connectivity index (χ3n) is 0.359. The van der Waals surface area contributed by atoms with Gasteiger partial charge in [-0.05, 0) is 5.16 Å². The van der Waals surface area contributed by atoms with Gasteiger partial charge in [0.1, 0.15) is 0 Å². The van der Waals surface area contributed by atoms with Gasteiger partial charge in [0.2, 0.25) is 0 Å². The molecule has 0 aromatic heterocycles. The summed E-state index contributed by atoms with van der Waals surface area (Å²) in [7, 11) is -4.61. The molecule has 9 heteroatoms.